The molecule has 0 aliphatic heterocycles. The maximum atomic E-state index is 11.4. The largest absolute Gasteiger partial charge is 0.463 e. The Morgan fingerprint density at radius 1 is 1.08 bits per heavy atom. The highest BCUT2D eigenvalue weighted by molar-refractivity contribution is 5.66. The number of esters is 1. The first-order chi connectivity index (χ1) is 12.2. The molecule has 4 saturated carbocycles. The molecule has 3 nitrogen and oxygen atoms in total. The zero-order valence-electron chi connectivity index (χ0n) is 16.8. The SMILES string of the molecule is C=C[C@@]1(O)CC[C@H]2[C@@H]3CC[C@H]4C[C@@H](OC(C)=O)CC[C@]4(C)[C@H]3CC[C@@]21C. The first kappa shape index (κ1) is 18.5. The molecule has 0 amide bonds. The highest BCUT2D eigenvalue weighted by Crippen LogP contribution is 2.68. The summed E-state index contributed by atoms with van der Waals surface area (Å²) in [5.74, 6) is 2.70. The third-order valence-electron chi connectivity index (χ3n) is 9.50. The Balaban J connectivity index is 1.56. The molecule has 26 heavy (non-hydrogen) atoms. The standard InChI is InChI=1S/C23H36O3/c1-5-23(25)13-10-20-18-7-6-16-14-17(26-15(2)24)8-11-21(16,3)19(18)9-12-22(20,23)4/h5,16-20,25H,1,6-14H2,2-4H3/t16-,17-,18+,19-,20-,21-,22-,23+/m0/s1. The van der Waals surface area contributed by atoms with E-state index in [1.165, 1.54) is 32.6 Å². The summed E-state index contributed by atoms with van der Waals surface area (Å²) in [5.41, 5.74) is -0.281. The van der Waals surface area contributed by atoms with E-state index in [9.17, 15) is 9.90 Å². The van der Waals surface area contributed by atoms with Crippen molar-refractivity contribution in [2.45, 2.75) is 90.3 Å². The van der Waals surface area contributed by atoms with E-state index in [0.717, 1.165) is 43.9 Å². The van der Waals surface area contributed by atoms with E-state index in [-0.39, 0.29) is 17.5 Å². The number of rotatable bonds is 2. The van der Waals surface area contributed by atoms with E-state index >= 15 is 0 Å². The fourth-order valence-electron chi connectivity index (χ4n) is 7.95. The van der Waals surface area contributed by atoms with Gasteiger partial charge in [-0.25, -0.2) is 0 Å². The highest BCUT2D eigenvalue weighted by Gasteiger charge is 2.63. The van der Waals surface area contributed by atoms with Crippen molar-refractivity contribution in [3.05, 3.63) is 12.7 Å². The van der Waals surface area contributed by atoms with Gasteiger partial charge in [-0.2, -0.15) is 0 Å². The van der Waals surface area contributed by atoms with E-state index < -0.39 is 5.60 Å². The van der Waals surface area contributed by atoms with Gasteiger partial charge < -0.3 is 9.84 Å². The topological polar surface area (TPSA) is 46.5 Å². The molecule has 0 saturated heterocycles. The summed E-state index contributed by atoms with van der Waals surface area (Å²) in [5, 5.41) is 11.2. The molecular weight excluding hydrogens is 324 g/mol. The summed E-state index contributed by atoms with van der Waals surface area (Å²) in [6.45, 7) is 10.4. The van der Waals surface area contributed by atoms with Crippen molar-refractivity contribution in [1.82, 2.24) is 0 Å². The van der Waals surface area contributed by atoms with Gasteiger partial charge in [-0.05, 0) is 86.9 Å². The van der Waals surface area contributed by atoms with Crippen molar-refractivity contribution in [1.29, 1.82) is 0 Å². The van der Waals surface area contributed by atoms with E-state index in [1.54, 1.807) is 0 Å². The van der Waals surface area contributed by atoms with Crippen LogP contribution in [-0.4, -0.2) is 22.8 Å². The normalized spacial score (nSPS) is 53.2. The van der Waals surface area contributed by atoms with Crippen molar-refractivity contribution in [3.8, 4) is 0 Å². The number of hydrogen-bond donors (Lipinski definition) is 1. The number of carbonyl (C=O) groups is 1. The second-order valence-corrected chi connectivity index (χ2v) is 10.3. The van der Waals surface area contributed by atoms with Crippen LogP contribution < -0.4 is 0 Å². The lowest BCUT2D eigenvalue weighted by atomic mass is 9.44. The molecule has 8 atom stereocenters. The van der Waals surface area contributed by atoms with Gasteiger partial charge in [0, 0.05) is 12.3 Å². The van der Waals surface area contributed by atoms with Crippen LogP contribution >= 0.6 is 0 Å². The fraction of sp³-hybridized carbons (Fsp3) is 0.870. The van der Waals surface area contributed by atoms with Crippen molar-refractivity contribution < 1.29 is 14.6 Å². The van der Waals surface area contributed by atoms with Crippen LogP contribution in [0.1, 0.15) is 78.6 Å². The van der Waals surface area contributed by atoms with Gasteiger partial charge >= 0.3 is 5.97 Å². The Labute approximate surface area is 158 Å². The number of carbonyl (C=O) groups excluding carboxylic acids is 1. The second-order valence-electron chi connectivity index (χ2n) is 10.3. The Hall–Kier alpha value is -0.830. The third-order valence-corrected chi connectivity index (χ3v) is 9.50. The molecule has 1 N–H and O–H groups in total. The lowest BCUT2D eigenvalue weighted by molar-refractivity contribution is -0.164. The summed E-state index contributed by atoms with van der Waals surface area (Å²) in [6.07, 6.45) is 12.2. The van der Waals surface area contributed by atoms with Gasteiger partial charge in [-0.15, -0.1) is 6.58 Å². The number of aliphatic hydroxyl groups is 1. The molecular formula is C23H36O3. The van der Waals surface area contributed by atoms with Crippen LogP contribution in [0.3, 0.4) is 0 Å². The Kier molecular flexibility index (Phi) is 4.34. The molecule has 4 fully saturated rings. The smallest absolute Gasteiger partial charge is 0.302 e. The van der Waals surface area contributed by atoms with Crippen molar-refractivity contribution in [2.75, 3.05) is 0 Å². The summed E-state index contributed by atoms with van der Waals surface area (Å²) in [4.78, 5) is 11.4. The van der Waals surface area contributed by atoms with Crippen LogP contribution in [0, 0.1) is 34.5 Å². The molecule has 0 unspecified atom stereocenters. The molecule has 3 heteroatoms. The minimum absolute atomic E-state index is 0.00799. The molecule has 0 bridgehead atoms. The predicted octanol–water partition coefficient (Wildman–Crippen LogP) is 4.88. The minimum atomic E-state index is -0.673. The molecule has 0 aromatic heterocycles. The Morgan fingerprint density at radius 3 is 2.50 bits per heavy atom. The van der Waals surface area contributed by atoms with Crippen molar-refractivity contribution in [2.24, 2.45) is 34.5 Å². The average molecular weight is 361 g/mol. The number of ether oxygens (including phenoxy) is 1. The molecule has 0 aromatic carbocycles. The lowest BCUT2D eigenvalue weighted by Gasteiger charge is -2.61. The van der Waals surface area contributed by atoms with Crippen molar-refractivity contribution in [3.63, 3.8) is 0 Å². The predicted molar refractivity (Wildman–Crippen MR) is 102 cm³/mol. The van der Waals surface area contributed by atoms with E-state index in [2.05, 4.69) is 20.4 Å². The average Bonchev–Trinajstić information content (AvgIpc) is 2.87. The molecule has 0 heterocycles. The van der Waals surface area contributed by atoms with Gasteiger partial charge in [0.05, 0.1) is 5.60 Å². The van der Waals surface area contributed by atoms with Gasteiger partial charge in [-0.1, -0.05) is 19.9 Å². The lowest BCUT2D eigenvalue weighted by Crippen LogP contribution is -2.56. The van der Waals surface area contributed by atoms with Gasteiger partial charge in [0.15, 0.2) is 0 Å². The maximum Gasteiger partial charge on any atom is 0.302 e. The van der Waals surface area contributed by atoms with Crippen LogP contribution in [-0.2, 0) is 9.53 Å². The maximum absolute atomic E-state index is 11.4. The number of fused-ring (bicyclic) bond motifs is 5. The van der Waals surface area contributed by atoms with Crippen LogP contribution in [0.5, 0.6) is 0 Å². The van der Waals surface area contributed by atoms with Crippen LogP contribution in [0.4, 0.5) is 0 Å². The molecule has 146 valence electrons. The van der Waals surface area contributed by atoms with Gasteiger partial charge in [0.2, 0.25) is 0 Å². The summed E-state index contributed by atoms with van der Waals surface area (Å²) in [6, 6.07) is 0. The number of hydrogen-bond acceptors (Lipinski definition) is 3. The zero-order valence-corrected chi connectivity index (χ0v) is 16.8. The zero-order chi connectivity index (χ0) is 18.7. The van der Waals surface area contributed by atoms with Crippen LogP contribution in [0.2, 0.25) is 0 Å². The fourth-order valence-corrected chi connectivity index (χ4v) is 7.95. The van der Waals surface area contributed by atoms with Gasteiger partial charge in [0.1, 0.15) is 6.10 Å². The van der Waals surface area contributed by atoms with Crippen LogP contribution in [0.25, 0.3) is 0 Å². The Morgan fingerprint density at radius 2 is 1.81 bits per heavy atom. The third kappa shape index (κ3) is 2.45. The van der Waals surface area contributed by atoms with Gasteiger partial charge in [0.25, 0.3) is 0 Å². The van der Waals surface area contributed by atoms with E-state index in [4.69, 9.17) is 4.74 Å². The van der Waals surface area contributed by atoms with Gasteiger partial charge in [-0.3, -0.25) is 4.79 Å². The van der Waals surface area contributed by atoms with E-state index in [1.807, 2.05) is 6.08 Å². The quantitative estimate of drug-likeness (QED) is 0.564. The van der Waals surface area contributed by atoms with Crippen molar-refractivity contribution >= 4 is 5.97 Å². The first-order valence-corrected chi connectivity index (χ1v) is 10.8. The first-order valence-electron chi connectivity index (χ1n) is 10.8. The second kappa shape index (κ2) is 6.09. The molecule has 0 radical (unpaired) electrons. The highest BCUT2D eigenvalue weighted by atomic mass is 16.5. The van der Waals surface area contributed by atoms with E-state index in [0.29, 0.717) is 17.3 Å². The molecule has 4 aliphatic carbocycles. The monoisotopic (exact) mass is 360 g/mol. The summed E-state index contributed by atoms with van der Waals surface area (Å²) in [7, 11) is 0. The molecule has 4 rings (SSSR count). The molecule has 0 spiro atoms. The Bertz CT molecular complexity index is 600. The minimum Gasteiger partial charge on any atom is -0.463 e. The summed E-state index contributed by atoms with van der Waals surface area (Å²) >= 11 is 0. The molecule has 0 aromatic rings. The van der Waals surface area contributed by atoms with Crippen LogP contribution in [0.15, 0.2) is 12.7 Å². The summed E-state index contributed by atoms with van der Waals surface area (Å²) < 4.78 is 5.57. The molecule has 4 aliphatic rings.